The molecule has 1 aromatic carbocycles. The number of hydrogen-bond donors (Lipinski definition) is 2. The van der Waals surface area contributed by atoms with Crippen molar-refractivity contribution >= 4 is 35.1 Å². The summed E-state index contributed by atoms with van der Waals surface area (Å²) >= 11 is 11.7. The first-order valence-electron chi connectivity index (χ1n) is 6.98. The first kappa shape index (κ1) is 18.2. The monoisotopic (exact) mass is 370 g/mol. The van der Waals surface area contributed by atoms with E-state index >= 15 is 0 Å². The maximum atomic E-state index is 14.9. The molecule has 2 rings (SSSR count). The molecule has 2 aromatic rings. The molecule has 1 amide bonds. The molecular formula is C16H13Cl2FN2O3. The number of carbonyl (C=O) groups is 2. The molecule has 24 heavy (non-hydrogen) atoms. The second-order valence-electron chi connectivity index (χ2n) is 4.93. The maximum Gasteiger partial charge on any atom is 0.405 e. The van der Waals surface area contributed by atoms with Crippen molar-refractivity contribution in [1.82, 2.24) is 10.3 Å². The van der Waals surface area contributed by atoms with Gasteiger partial charge in [0.2, 0.25) is 0 Å². The zero-order chi connectivity index (χ0) is 17.9. The highest BCUT2D eigenvalue weighted by atomic mass is 35.5. The molecule has 1 heterocycles. The van der Waals surface area contributed by atoms with E-state index in [4.69, 9.17) is 28.3 Å². The number of benzene rings is 1. The summed E-state index contributed by atoms with van der Waals surface area (Å²) in [6.45, 7) is 1.69. The molecule has 0 radical (unpaired) electrons. The van der Waals surface area contributed by atoms with Crippen LogP contribution in [0.3, 0.4) is 0 Å². The minimum Gasteiger partial charge on any atom is -0.465 e. The van der Waals surface area contributed by atoms with Crippen LogP contribution in [-0.2, 0) is 0 Å². The molecule has 1 aromatic heterocycles. The summed E-state index contributed by atoms with van der Waals surface area (Å²) in [6, 6.07) is 4.74. The van der Waals surface area contributed by atoms with E-state index < -0.39 is 23.7 Å². The van der Waals surface area contributed by atoms with Crippen molar-refractivity contribution in [2.24, 2.45) is 0 Å². The number of nitrogens with zero attached hydrogens (tertiary/aromatic N) is 1. The van der Waals surface area contributed by atoms with Gasteiger partial charge in [-0.3, -0.25) is 4.79 Å². The molecule has 0 spiro atoms. The third-order valence-corrected chi connectivity index (χ3v) is 3.96. The van der Waals surface area contributed by atoms with Crippen molar-refractivity contribution < 1.29 is 19.1 Å². The number of halogens is 3. The molecule has 8 heteroatoms. The molecule has 0 aliphatic carbocycles. The topological polar surface area (TPSA) is 79.3 Å². The average molecular weight is 371 g/mol. The van der Waals surface area contributed by atoms with Crippen LogP contribution in [0.2, 0.25) is 10.2 Å². The fourth-order valence-corrected chi connectivity index (χ4v) is 2.59. The van der Waals surface area contributed by atoms with Crippen LogP contribution < -0.4 is 5.32 Å². The van der Waals surface area contributed by atoms with Gasteiger partial charge in [-0.25, -0.2) is 14.2 Å². The van der Waals surface area contributed by atoms with Crippen LogP contribution in [0.4, 0.5) is 9.18 Å². The SMILES string of the molecule is CC[C@@H](NC(=O)O)c1ccc(Cl)c(C(=O)c2ccc(Cl)nc2)c1F. The Bertz CT molecular complexity index is 782. The van der Waals surface area contributed by atoms with Gasteiger partial charge < -0.3 is 10.4 Å². The number of carbonyl (C=O) groups excluding carboxylic acids is 1. The van der Waals surface area contributed by atoms with Crippen molar-refractivity contribution in [3.05, 3.63) is 63.1 Å². The van der Waals surface area contributed by atoms with Crippen molar-refractivity contribution in [2.45, 2.75) is 19.4 Å². The first-order valence-corrected chi connectivity index (χ1v) is 7.74. The Morgan fingerprint density at radius 3 is 2.54 bits per heavy atom. The number of amides is 1. The summed E-state index contributed by atoms with van der Waals surface area (Å²) in [5.41, 5.74) is -0.157. The summed E-state index contributed by atoms with van der Waals surface area (Å²) in [5, 5.41) is 11.2. The summed E-state index contributed by atoms with van der Waals surface area (Å²) < 4.78 is 14.9. The molecule has 0 aliphatic heterocycles. The summed E-state index contributed by atoms with van der Waals surface area (Å²) in [5.74, 6) is -1.52. The van der Waals surface area contributed by atoms with E-state index in [9.17, 15) is 14.0 Å². The van der Waals surface area contributed by atoms with Crippen LogP contribution in [-0.4, -0.2) is 22.0 Å². The van der Waals surface area contributed by atoms with Crippen LogP contribution in [0, 0.1) is 5.82 Å². The van der Waals surface area contributed by atoms with Crippen molar-refractivity contribution in [3.63, 3.8) is 0 Å². The molecule has 0 bridgehead atoms. The van der Waals surface area contributed by atoms with Gasteiger partial charge in [0.1, 0.15) is 11.0 Å². The van der Waals surface area contributed by atoms with E-state index in [0.717, 1.165) is 0 Å². The van der Waals surface area contributed by atoms with E-state index in [0.29, 0.717) is 6.42 Å². The van der Waals surface area contributed by atoms with E-state index in [1.54, 1.807) is 6.92 Å². The fourth-order valence-electron chi connectivity index (χ4n) is 2.25. The summed E-state index contributed by atoms with van der Waals surface area (Å²) in [4.78, 5) is 27.2. The van der Waals surface area contributed by atoms with Gasteiger partial charge in [0.05, 0.1) is 16.6 Å². The molecule has 2 N–H and O–H groups in total. The Morgan fingerprint density at radius 2 is 2.00 bits per heavy atom. The summed E-state index contributed by atoms with van der Waals surface area (Å²) in [6.07, 6.45) is 0.243. The predicted octanol–water partition coefficient (Wildman–Crippen LogP) is 4.48. The highest BCUT2D eigenvalue weighted by Crippen LogP contribution is 2.29. The van der Waals surface area contributed by atoms with Gasteiger partial charge in [-0.2, -0.15) is 0 Å². The minimum atomic E-state index is -1.29. The van der Waals surface area contributed by atoms with Gasteiger partial charge in [0, 0.05) is 17.3 Å². The summed E-state index contributed by atoms with van der Waals surface area (Å²) in [7, 11) is 0. The Morgan fingerprint density at radius 1 is 1.29 bits per heavy atom. The van der Waals surface area contributed by atoms with Crippen LogP contribution in [0.1, 0.15) is 40.9 Å². The third-order valence-electron chi connectivity index (χ3n) is 3.42. The lowest BCUT2D eigenvalue weighted by atomic mass is 9.97. The van der Waals surface area contributed by atoms with Crippen LogP contribution in [0.25, 0.3) is 0 Å². The van der Waals surface area contributed by atoms with Gasteiger partial charge in [-0.1, -0.05) is 36.2 Å². The molecule has 5 nitrogen and oxygen atoms in total. The van der Waals surface area contributed by atoms with Crippen molar-refractivity contribution in [1.29, 1.82) is 0 Å². The highest BCUT2D eigenvalue weighted by Gasteiger charge is 2.24. The minimum absolute atomic E-state index is 0.0505. The van der Waals surface area contributed by atoms with Crippen LogP contribution >= 0.6 is 23.2 Å². The number of carboxylic acid groups (broad SMARTS) is 1. The Kier molecular flexibility index (Phi) is 5.75. The number of ketones is 1. The number of hydrogen-bond acceptors (Lipinski definition) is 3. The lowest BCUT2D eigenvalue weighted by molar-refractivity contribution is 0.103. The molecule has 0 unspecified atom stereocenters. The van der Waals surface area contributed by atoms with E-state index in [2.05, 4.69) is 10.3 Å². The lowest BCUT2D eigenvalue weighted by Gasteiger charge is -2.18. The molecule has 0 saturated heterocycles. The lowest BCUT2D eigenvalue weighted by Crippen LogP contribution is -2.27. The number of rotatable bonds is 5. The van der Waals surface area contributed by atoms with E-state index in [1.807, 2.05) is 0 Å². The number of aromatic nitrogens is 1. The molecule has 0 saturated carbocycles. The smallest absolute Gasteiger partial charge is 0.405 e. The van der Waals surface area contributed by atoms with Gasteiger partial charge in [-0.15, -0.1) is 0 Å². The molecular weight excluding hydrogens is 358 g/mol. The predicted molar refractivity (Wildman–Crippen MR) is 88.3 cm³/mol. The van der Waals surface area contributed by atoms with Crippen molar-refractivity contribution in [2.75, 3.05) is 0 Å². The first-order chi connectivity index (χ1) is 11.3. The second-order valence-corrected chi connectivity index (χ2v) is 5.73. The zero-order valence-electron chi connectivity index (χ0n) is 12.5. The van der Waals surface area contributed by atoms with Gasteiger partial charge in [0.15, 0.2) is 5.78 Å². The quantitative estimate of drug-likeness (QED) is 0.600. The standard InChI is InChI=1S/C16H13Cl2FN2O3/c1-2-11(21-16(23)24)9-4-5-10(17)13(14(9)19)15(22)8-3-6-12(18)20-7-8/h3-7,11,21H,2H2,1H3,(H,23,24)/t11-/m1/s1. The number of nitrogens with one attached hydrogen (secondary N) is 1. The molecule has 126 valence electrons. The maximum absolute atomic E-state index is 14.9. The largest absolute Gasteiger partial charge is 0.465 e. The average Bonchev–Trinajstić information content (AvgIpc) is 2.53. The number of pyridine rings is 1. The third kappa shape index (κ3) is 3.83. The molecule has 1 atom stereocenters. The Hall–Kier alpha value is -2.18. The van der Waals surface area contributed by atoms with Gasteiger partial charge in [-0.05, 0) is 24.6 Å². The van der Waals surface area contributed by atoms with Crippen molar-refractivity contribution in [3.8, 4) is 0 Å². The molecule has 0 aliphatic rings. The normalized spacial score (nSPS) is 11.8. The van der Waals surface area contributed by atoms with Gasteiger partial charge >= 0.3 is 6.09 Å². The van der Waals surface area contributed by atoms with Crippen LogP contribution in [0.15, 0.2) is 30.5 Å². The highest BCUT2D eigenvalue weighted by molar-refractivity contribution is 6.35. The molecule has 0 fully saturated rings. The van der Waals surface area contributed by atoms with E-state index in [1.165, 1.54) is 30.5 Å². The van der Waals surface area contributed by atoms with Gasteiger partial charge in [0.25, 0.3) is 0 Å². The van der Waals surface area contributed by atoms with E-state index in [-0.39, 0.29) is 26.9 Å². The Balaban J connectivity index is 2.50. The second kappa shape index (κ2) is 7.59. The van der Waals surface area contributed by atoms with Crippen LogP contribution in [0.5, 0.6) is 0 Å². The fraction of sp³-hybridized carbons (Fsp3) is 0.188. The Labute approximate surface area is 147 Å². The zero-order valence-corrected chi connectivity index (χ0v) is 14.0.